The molecule has 0 unspecified atom stereocenters. The second kappa shape index (κ2) is 11.4. The number of hydrogen-bond acceptors (Lipinski definition) is 6. The highest BCUT2D eigenvalue weighted by Gasteiger charge is 2.32. The number of ether oxygens (including phenoxy) is 2. The summed E-state index contributed by atoms with van der Waals surface area (Å²) < 4.78 is 11.2. The van der Waals surface area contributed by atoms with Crippen molar-refractivity contribution in [1.29, 1.82) is 0 Å². The summed E-state index contributed by atoms with van der Waals surface area (Å²) in [7, 11) is 0. The quantitative estimate of drug-likeness (QED) is 0.444. The molecule has 0 bridgehead atoms. The predicted octanol–water partition coefficient (Wildman–Crippen LogP) is 2.86. The third-order valence-corrected chi connectivity index (χ3v) is 6.98. The molecule has 0 spiro atoms. The number of alkyl carbamates (subject to hydrolysis) is 1. The molecule has 180 valence electrons. The third-order valence-electron chi connectivity index (χ3n) is 6.04. The van der Waals surface area contributed by atoms with Gasteiger partial charge in [0.1, 0.15) is 6.61 Å². The summed E-state index contributed by atoms with van der Waals surface area (Å²) in [6.45, 7) is 1.23. The molecule has 1 fully saturated rings. The Labute approximate surface area is 202 Å². The van der Waals surface area contributed by atoms with Crippen LogP contribution >= 0.6 is 11.8 Å². The van der Waals surface area contributed by atoms with Crippen molar-refractivity contribution in [3.63, 3.8) is 0 Å². The van der Waals surface area contributed by atoms with Crippen LogP contribution in [0.15, 0.2) is 48.5 Å². The fourth-order valence-corrected chi connectivity index (χ4v) is 4.99. The molecule has 34 heavy (non-hydrogen) atoms. The number of hydrogen-bond donors (Lipinski definition) is 3. The van der Waals surface area contributed by atoms with Crippen molar-refractivity contribution >= 4 is 29.7 Å². The molecule has 0 radical (unpaired) electrons. The maximum absolute atomic E-state index is 12.3. The number of benzene rings is 2. The number of amides is 2. The predicted molar refractivity (Wildman–Crippen MR) is 129 cm³/mol. The van der Waals surface area contributed by atoms with Gasteiger partial charge in [0.15, 0.2) is 0 Å². The summed E-state index contributed by atoms with van der Waals surface area (Å²) in [6.07, 6.45) is -0.246. The average molecular weight is 485 g/mol. The molecule has 2 aromatic carbocycles. The lowest BCUT2D eigenvalue weighted by molar-refractivity contribution is -0.134. The summed E-state index contributed by atoms with van der Waals surface area (Å²) in [4.78, 5) is 35.1. The molecule has 2 amide bonds. The standard InChI is InChI=1S/C25H28N2O6S/c28-23(29)15-34-10-9-26-24(30)16-11-17(32-13-16)12-27-25(31)33-14-22-20-7-3-1-5-18(20)19-6-2-4-8-21(19)22/h1-8,16-17,22H,9-15H2,(H,26,30)(H,27,31)(H,28,29)/t16-,17-/m0/s1. The second-order valence-electron chi connectivity index (χ2n) is 8.33. The van der Waals surface area contributed by atoms with Crippen molar-refractivity contribution in [2.75, 3.05) is 37.8 Å². The van der Waals surface area contributed by atoms with E-state index in [1.807, 2.05) is 24.3 Å². The van der Waals surface area contributed by atoms with E-state index in [2.05, 4.69) is 34.9 Å². The number of carboxylic acid groups (broad SMARTS) is 1. The number of aliphatic carboxylic acids is 1. The van der Waals surface area contributed by atoms with E-state index in [1.165, 1.54) is 22.9 Å². The molecule has 0 aromatic heterocycles. The van der Waals surface area contributed by atoms with Crippen molar-refractivity contribution in [1.82, 2.24) is 10.6 Å². The van der Waals surface area contributed by atoms with Gasteiger partial charge in [0.25, 0.3) is 0 Å². The zero-order valence-electron chi connectivity index (χ0n) is 18.7. The SMILES string of the molecule is O=C(O)CSCCNC(=O)[C@@H]1CO[C@H](CNC(=O)OCC2c3ccccc3-c3ccccc32)C1. The number of carbonyl (C=O) groups excluding carboxylic acids is 2. The molecule has 4 rings (SSSR count). The first-order chi connectivity index (χ1) is 16.5. The van der Waals surface area contributed by atoms with Gasteiger partial charge in [-0.2, -0.15) is 0 Å². The minimum absolute atomic E-state index is 0.00242. The van der Waals surface area contributed by atoms with Gasteiger partial charge in [-0.15, -0.1) is 11.8 Å². The molecule has 2 aliphatic rings. The molecule has 2 atom stereocenters. The molecule has 1 saturated heterocycles. The number of carbonyl (C=O) groups is 3. The molecular weight excluding hydrogens is 456 g/mol. The highest BCUT2D eigenvalue weighted by Crippen LogP contribution is 2.44. The average Bonchev–Trinajstić information content (AvgIpc) is 3.44. The Balaban J connectivity index is 1.18. The largest absolute Gasteiger partial charge is 0.481 e. The van der Waals surface area contributed by atoms with Gasteiger partial charge >= 0.3 is 12.1 Å². The van der Waals surface area contributed by atoms with Crippen LogP contribution in [0.25, 0.3) is 11.1 Å². The van der Waals surface area contributed by atoms with Crippen molar-refractivity contribution in [3.8, 4) is 11.1 Å². The molecule has 1 heterocycles. The summed E-state index contributed by atoms with van der Waals surface area (Å²) in [5.74, 6) is -0.696. The highest BCUT2D eigenvalue weighted by molar-refractivity contribution is 7.99. The van der Waals surface area contributed by atoms with Crippen molar-refractivity contribution in [3.05, 3.63) is 59.7 Å². The van der Waals surface area contributed by atoms with E-state index in [0.29, 0.717) is 25.3 Å². The van der Waals surface area contributed by atoms with Gasteiger partial charge in [-0.25, -0.2) is 4.79 Å². The Morgan fingerprint density at radius 1 is 1.03 bits per heavy atom. The van der Waals surface area contributed by atoms with Crippen LogP contribution in [0, 0.1) is 5.92 Å². The molecule has 1 aliphatic heterocycles. The molecular formula is C25H28N2O6S. The van der Waals surface area contributed by atoms with Crippen molar-refractivity contribution in [2.24, 2.45) is 5.92 Å². The molecule has 3 N–H and O–H groups in total. The van der Waals surface area contributed by atoms with E-state index in [1.54, 1.807) is 0 Å². The summed E-state index contributed by atoms with van der Waals surface area (Å²) in [5, 5.41) is 14.2. The van der Waals surface area contributed by atoms with E-state index < -0.39 is 12.1 Å². The number of nitrogens with one attached hydrogen (secondary N) is 2. The van der Waals surface area contributed by atoms with Gasteiger partial charge in [0.2, 0.25) is 5.91 Å². The molecule has 0 saturated carbocycles. The lowest BCUT2D eigenvalue weighted by Gasteiger charge is -2.15. The minimum Gasteiger partial charge on any atom is -0.481 e. The molecule has 1 aliphatic carbocycles. The Bertz CT molecular complexity index is 1000. The zero-order chi connectivity index (χ0) is 23.9. The smallest absolute Gasteiger partial charge is 0.407 e. The maximum Gasteiger partial charge on any atom is 0.407 e. The number of fused-ring (bicyclic) bond motifs is 3. The van der Waals surface area contributed by atoms with Gasteiger partial charge in [-0.3, -0.25) is 9.59 Å². The number of carboxylic acids is 1. The van der Waals surface area contributed by atoms with Crippen LogP contribution in [0.2, 0.25) is 0 Å². The topological polar surface area (TPSA) is 114 Å². The third kappa shape index (κ3) is 5.90. The van der Waals surface area contributed by atoms with Gasteiger partial charge in [0.05, 0.1) is 24.4 Å². The van der Waals surface area contributed by atoms with E-state index in [-0.39, 0.29) is 42.8 Å². The van der Waals surface area contributed by atoms with Crippen molar-refractivity contribution in [2.45, 2.75) is 18.4 Å². The molecule has 8 nitrogen and oxygen atoms in total. The van der Waals surface area contributed by atoms with Gasteiger partial charge in [-0.05, 0) is 28.7 Å². The minimum atomic E-state index is -0.868. The first-order valence-electron chi connectivity index (χ1n) is 11.3. The highest BCUT2D eigenvalue weighted by atomic mass is 32.2. The Morgan fingerprint density at radius 2 is 1.71 bits per heavy atom. The Hall–Kier alpha value is -3.04. The number of thioether (sulfide) groups is 1. The number of rotatable bonds is 10. The zero-order valence-corrected chi connectivity index (χ0v) is 19.5. The van der Waals surface area contributed by atoms with Crippen LogP contribution in [-0.2, 0) is 19.1 Å². The lowest BCUT2D eigenvalue weighted by atomic mass is 9.98. The van der Waals surface area contributed by atoms with Gasteiger partial charge in [-0.1, -0.05) is 48.5 Å². The Morgan fingerprint density at radius 3 is 2.38 bits per heavy atom. The molecule has 2 aromatic rings. The lowest BCUT2D eigenvalue weighted by Crippen LogP contribution is -2.34. The van der Waals surface area contributed by atoms with E-state index in [0.717, 1.165) is 11.1 Å². The van der Waals surface area contributed by atoms with Crippen LogP contribution in [0.3, 0.4) is 0 Å². The van der Waals surface area contributed by atoms with E-state index in [4.69, 9.17) is 14.6 Å². The van der Waals surface area contributed by atoms with Crippen LogP contribution in [0.5, 0.6) is 0 Å². The fraction of sp³-hybridized carbons (Fsp3) is 0.400. The van der Waals surface area contributed by atoms with Crippen LogP contribution in [0.1, 0.15) is 23.5 Å². The van der Waals surface area contributed by atoms with E-state index >= 15 is 0 Å². The maximum atomic E-state index is 12.3. The summed E-state index contributed by atoms with van der Waals surface area (Å²) in [6, 6.07) is 16.3. The second-order valence-corrected chi connectivity index (χ2v) is 9.44. The van der Waals surface area contributed by atoms with E-state index in [9.17, 15) is 14.4 Å². The summed E-state index contributed by atoms with van der Waals surface area (Å²) in [5.41, 5.74) is 4.67. The van der Waals surface area contributed by atoms with Crippen LogP contribution < -0.4 is 10.6 Å². The normalized spacial score (nSPS) is 18.7. The monoisotopic (exact) mass is 484 g/mol. The van der Waals surface area contributed by atoms with Gasteiger partial charge in [0, 0.05) is 24.8 Å². The summed E-state index contributed by atoms with van der Waals surface area (Å²) >= 11 is 1.26. The van der Waals surface area contributed by atoms with Gasteiger partial charge < -0.3 is 25.2 Å². The van der Waals surface area contributed by atoms with Crippen LogP contribution in [-0.4, -0.2) is 67.0 Å². The first-order valence-corrected chi connectivity index (χ1v) is 12.5. The Kier molecular flexibility index (Phi) is 8.08. The first kappa shape index (κ1) is 24.1. The van der Waals surface area contributed by atoms with Crippen LogP contribution in [0.4, 0.5) is 4.79 Å². The van der Waals surface area contributed by atoms with Crippen molar-refractivity contribution < 1.29 is 29.0 Å². The fourth-order valence-electron chi connectivity index (χ4n) is 4.43. The molecule has 9 heteroatoms.